The van der Waals surface area contributed by atoms with Crippen LogP contribution in [0.25, 0.3) is 18.3 Å². The van der Waals surface area contributed by atoms with E-state index in [1.165, 1.54) is 16.8 Å². The third-order valence-electron chi connectivity index (χ3n) is 4.17. The highest BCUT2D eigenvalue weighted by molar-refractivity contribution is 5.52. The second-order valence-electron chi connectivity index (χ2n) is 5.91. The van der Waals surface area contributed by atoms with Crippen molar-refractivity contribution in [1.82, 2.24) is 9.78 Å². The van der Waals surface area contributed by atoms with Gasteiger partial charge < -0.3 is 0 Å². The van der Waals surface area contributed by atoms with E-state index in [2.05, 4.69) is 11.7 Å². The number of aryl methyl sites for hydroxylation is 2. The zero-order valence-electron chi connectivity index (χ0n) is 13.9. The molecule has 0 unspecified atom stereocenters. The van der Waals surface area contributed by atoms with Gasteiger partial charge in [0.15, 0.2) is 0 Å². The average molecular weight is 335 g/mol. The van der Waals surface area contributed by atoms with Gasteiger partial charge in [0.05, 0.1) is 21.2 Å². The highest BCUT2D eigenvalue weighted by Crippen LogP contribution is 2.12. The number of H-pyrrole nitrogens is 1. The smallest absolute Gasteiger partial charge is 0.279 e. The number of aromatic nitrogens is 2. The minimum Gasteiger partial charge on any atom is -0.291 e. The Bertz CT molecular complexity index is 1120. The second kappa shape index (κ2) is 6.24. The number of nitro groups is 1. The molecule has 0 bridgehead atoms. The minimum atomic E-state index is -0.459. The van der Waals surface area contributed by atoms with Crippen LogP contribution in [0.4, 0.5) is 5.69 Å². The van der Waals surface area contributed by atoms with Crippen molar-refractivity contribution in [2.75, 3.05) is 0 Å². The van der Waals surface area contributed by atoms with Crippen LogP contribution in [-0.4, -0.2) is 14.7 Å². The molecular formula is C19H17N3O3. The Morgan fingerprint density at radius 1 is 1.12 bits per heavy atom. The standard InChI is InChI=1S/C19H17N3O3/c1-12-4-7-17(10-13(12)2)21-19(23)18(14(3)20-21)11-15-5-8-16(9-6-15)22(24)25/h4-11,20H,3H2,1-2H3. The van der Waals surface area contributed by atoms with Gasteiger partial charge in [0.1, 0.15) is 0 Å². The molecule has 1 N–H and O–H groups in total. The number of nitrogens with zero attached hydrogens (tertiary/aromatic N) is 2. The monoisotopic (exact) mass is 335 g/mol. The summed E-state index contributed by atoms with van der Waals surface area (Å²) in [6.07, 6.45) is 1.67. The maximum absolute atomic E-state index is 12.7. The summed E-state index contributed by atoms with van der Waals surface area (Å²) in [5.41, 5.74) is 3.46. The molecule has 0 aliphatic carbocycles. The molecule has 126 valence electrons. The SMILES string of the molecule is C=c1[nH]n(-c2ccc(C)c(C)c2)c(=O)c1=Cc1ccc([N+](=O)[O-])cc1. The Hall–Kier alpha value is -3.41. The Morgan fingerprint density at radius 3 is 2.40 bits per heavy atom. The normalized spacial score (nSPS) is 11.7. The number of aromatic amines is 1. The van der Waals surface area contributed by atoms with Gasteiger partial charge in [0.25, 0.3) is 11.2 Å². The van der Waals surface area contributed by atoms with Crippen LogP contribution in [0.15, 0.2) is 47.3 Å². The van der Waals surface area contributed by atoms with Gasteiger partial charge >= 0.3 is 0 Å². The molecule has 25 heavy (non-hydrogen) atoms. The van der Waals surface area contributed by atoms with Gasteiger partial charge in [-0.2, -0.15) is 0 Å². The van der Waals surface area contributed by atoms with Crippen LogP contribution in [0.1, 0.15) is 16.7 Å². The third-order valence-corrected chi connectivity index (χ3v) is 4.17. The Labute approximate surface area is 143 Å². The van der Waals surface area contributed by atoms with E-state index in [1.807, 2.05) is 32.0 Å². The molecule has 0 aliphatic heterocycles. The molecule has 3 rings (SSSR count). The van der Waals surface area contributed by atoms with Gasteiger partial charge in [0, 0.05) is 12.1 Å². The summed E-state index contributed by atoms with van der Waals surface area (Å²) in [5.74, 6) is 0. The number of nitro benzene ring substituents is 1. The van der Waals surface area contributed by atoms with E-state index in [-0.39, 0.29) is 11.2 Å². The summed E-state index contributed by atoms with van der Waals surface area (Å²) < 4.78 is 1.45. The first-order valence-electron chi connectivity index (χ1n) is 7.70. The summed E-state index contributed by atoms with van der Waals surface area (Å²) in [7, 11) is 0. The number of hydrogen-bond donors (Lipinski definition) is 1. The van der Waals surface area contributed by atoms with E-state index in [9.17, 15) is 14.9 Å². The lowest BCUT2D eigenvalue weighted by Crippen LogP contribution is -2.33. The van der Waals surface area contributed by atoms with Crippen LogP contribution in [-0.2, 0) is 0 Å². The van der Waals surface area contributed by atoms with E-state index < -0.39 is 4.92 Å². The molecule has 0 fully saturated rings. The predicted molar refractivity (Wildman–Crippen MR) is 97.3 cm³/mol. The maximum atomic E-state index is 12.7. The fourth-order valence-corrected chi connectivity index (χ4v) is 2.55. The fraction of sp³-hybridized carbons (Fsp3) is 0.105. The van der Waals surface area contributed by atoms with Crippen LogP contribution < -0.4 is 16.1 Å². The van der Waals surface area contributed by atoms with Crippen molar-refractivity contribution < 1.29 is 4.92 Å². The molecular weight excluding hydrogens is 318 g/mol. The van der Waals surface area contributed by atoms with E-state index in [0.29, 0.717) is 16.1 Å². The van der Waals surface area contributed by atoms with Crippen LogP contribution in [0.5, 0.6) is 0 Å². The first-order valence-corrected chi connectivity index (χ1v) is 7.70. The molecule has 0 aliphatic rings. The first-order chi connectivity index (χ1) is 11.9. The van der Waals surface area contributed by atoms with Crippen LogP contribution in [0.2, 0.25) is 0 Å². The van der Waals surface area contributed by atoms with Gasteiger partial charge in [-0.05, 0) is 60.9 Å². The zero-order valence-corrected chi connectivity index (χ0v) is 13.9. The summed E-state index contributed by atoms with van der Waals surface area (Å²) in [4.78, 5) is 23.0. The lowest BCUT2D eigenvalue weighted by molar-refractivity contribution is -0.384. The summed E-state index contributed by atoms with van der Waals surface area (Å²) >= 11 is 0. The van der Waals surface area contributed by atoms with Gasteiger partial charge in [-0.15, -0.1) is 0 Å². The molecule has 0 atom stereocenters. The zero-order chi connectivity index (χ0) is 18.1. The molecule has 6 heteroatoms. The Morgan fingerprint density at radius 2 is 1.80 bits per heavy atom. The van der Waals surface area contributed by atoms with Crippen molar-refractivity contribution in [2.24, 2.45) is 0 Å². The van der Waals surface area contributed by atoms with Crippen molar-refractivity contribution in [1.29, 1.82) is 0 Å². The van der Waals surface area contributed by atoms with Gasteiger partial charge in [-0.1, -0.05) is 12.6 Å². The maximum Gasteiger partial charge on any atom is 0.279 e. The lowest BCUT2D eigenvalue weighted by atomic mass is 10.1. The van der Waals surface area contributed by atoms with Gasteiger partial charge in [-0.3, -0.25) is 20.0 Å². The molecule has 0 spiro atoms. The quantitative estimate of drug-likeness (QED) is 0.586. The van der Waals surface area contributed by atoms with Crippen molar-refractivity contribution >= 4 is 18.3 Å². The van der Waals surface area contributed by atoms with Gasteiger partial charge in [-0.25, -0.2) is 4.68 Å². The molecule has 1 aromatic heterocycles. The van der Waals surface area contributed by atoms with Crippen LogP contribution in [0.3, 0.4) is 0 Å². The molecule has 0 saturated carbocycles. The third kappa shape index (κ3) is 3.14. The number of nitrogens with one attached hydrogen (secondary N) is 1. The topological polar surface area (TPSA) is 80.9 Å². The first kappa shape index (κ1) is 16.4. The van der Waals surface area contributed by atoms with Crippen molar-refractivity contribution in [3.8, 4) is 5.69 Å². The summed E-state index contributed by atoms with van der Waals surface area (Å²) in [6.45, 7) is 7.89. The van der Waals surface area contributed by atoms with E-state index in [4.69, 9.17) is 0 Å². The number of non-ortho nitro benzene ring substituents is 1. The van der Waals surface area contributed by atoms with Crippen LogP contribution >= 0.6 is 0 Å². The molecule has 3 aromatic rings. The summed E-state index contributed by atoms with van der Waals surface area (Å²) in [5, 5.41) is 14.6. The van der Waals surface area contributed by atoms with Crippen molar-refractivity contribution in [3.05, 3.63) is 90.2 Å². The predicted octanol–water partition coefficient (Wildman–Crippen LogP) is 1.93. The molecule has 0 radical (unpaired) electrons. The Kier molecular flexibility index (Phi) is 4.10. The molecule has 6 nitrogen and oxygen atoms in total. The minimum absolute atomic E-state index is 0.00797. The highest BCUT2D eigenvalue weighted by atomic mass is 16.6. The molecule has 0 saturated heterocycles. The van der Waals surface area contributed by atoms with Crippen molar-refractivity contribution in [3.63, 3.8) is 0 Å². The average Bonchev–Trinajstić information content (AvgIpc) is 2.86. The van der Waals surface area contributed by atoms with Crippen LogP contribution in [0, 0.1) is 24.0 Å². The molecule has 1 heterocycles. The van der Waals surface area contributed by atoms with E-state index in [0.717, 1.165) is 16.8 Å². The lowest BCUT2D eigenvalue weighted by Gasteiger charge is -2.04. The number of rotatable bonds is 3. The number of hydrogen-bond acceptors (Lipinski definition) is 3. The fourth-order valence-electron chi connectivity index (χ4n) is 2.55. The van der Waals surface area contributed by atoms with E-state index >= 15 is 0 Å². The number of benzene rings is 2. The molecule has 0 amide bonds. The highest BCUT2D eigenvalue weighted by Gasteiger charge is 2.07. The second-order valence-corrected chi connectivity index (χ2v) is 5.91. The van der Waals surface area contributed by atoms with Crippen molar-refractivity contribution in [2.45, 2.75) is 13.8 Å². The Balaban J connectivity index is 2.11. The van der Waals surface area contributed by atoms with E-state index in [1.54, 1.807) is 18.2 Å². The summed E-state index contributed by atoms with van der Waals surface area (Å²) in [6, 6.07) is 11.8. The van der Waals surface area contributed by atoms with Gasteiger partial charge in [0.2, 0.25) is 0 Å². The molecule has 2 aromatic carbocycles. The largest absolute Gasteiger partial charge is 0.291 e.